The first kappa shape index (κ1) is 20.8. The molecule has 0 saturated carbocycles. The van der Waals surface area contributed by atoms with Crippen LogP contribution in [0.5, 0.6) is 0 Å². The van der Waals surface area contributed by atoms with Gasteiger partial charge in [0.05, 0.1) is 18.5 Å². The molecule has 2 bridgehead atoms. The standard InChI is InChI=1S/C24H29N5O3/c1-17-8-10-28(26-17)12-11-27-15-18-14-19(16-27)23(29-21(18)5-2-6-22(29)30)24(31)25-9-7-20-4-3-13-32-20/h2-6,8,10,13,18-19,23H,7,9,11-12,14-16H2,1H3,(H,25,31)/t18-,19+,23+/m0/s1. The quantitative estimate of drug-likeness (QED) is 0.613. The molecule has 8 heteroatoms. The van der Waals surface area contributed by atoms with Crippen molar-refractivity contribution < 1.29 is 9.21 Å². The van der Waals surface area contributed by atoms with Crippen molar-refractivity contribution in [1.29, 1.82) is 0 Å². The number of nitrogens with one attached hydrogen (secondary N) is 1. The van der Waals surface area contributed by atoms with Crippen LogP contribution in [0.3, 0.4) is 0 Å². The highest BCUT2D eigenvalue weighted by molar-refractivity contribution is 5.81. The number of carbonyl (C=O) groups excluding carboxylic acids is 1. The molecule has 5 rings (SSSR count). The number of hydrogen-bond donors (Lipinski definition) is 1. The SMILES string of the molecule is Cc1ccn(CCN2C[C@@H]3C[C@H](C2)[C@H](C(=O)NCCc2ccco2)n2c3cccc2=O)n1. The van der Waals surface area contributed by atoms with Gasteiger partial charge < -0.3 is 14.6 Å². The Hall–Kier alpha value is -3.13. The van der Waals surface area contributed by atoms with E-state index < -0.39 is 6.04 Å². The number of aromatic nitrogens is 3. The van der Waals surface area contributed by atoms with Crippen LogP contribution in [-0.2, 0) is 17.8 Å². The Balaban J connectivity index is 1.33. The number of fused-ring (bicyclic) bond motifs is 4. The van der Waals surface area contributed by atoms with Gasteiger partial charge in [0, 0.05) is 62.4 Å². The van der Waals surface area contributed by atoms with Crippen molar-refractivity contribution in [2.24, 2.45) is 5.92 Å². The molecule has 1 N–H and O–H groups in total. The molecule has 0 spiro atoms. The van der Waals surface area contributed by atoms with Gasteiger partial charge >= 0.3 is 0 Å². The average molecular weight is 436 g/mol. The Kier molecular flexibility index (Phi) is 5.70. The fourth-order valence-electron chi connectivity index (χ4n) is 5.25. The summed E-state index contributed by atoms with van der Waals surface area (Å²) in [5, 5.41) is 7.53. The van der Waals surface area contributed by atoms with Gasteiger partial charge in [-0.1, -0.05) is 6.07 Å². The normalized spacial score (nSPS) is 22.5. The molecular weight excluding hydrogens is 406 g/mol. The van der Waals surface area contributed by atoms with Crippen LogP contribution >= 0.6 is 0 Å². The molecule has 3 aromatic heterocycles. The molecule has 0 aromatic carbocycles. The molecule has 2 aliphatic rings. The lowest BCUT2D eigenvalue weighted by atomic mass is 9.78. The number of carbonyl (C=O) groups is 1. The second kappa shape index (κ2) is 8.78. The van der Waals surface area contributed by atoms with Gasteiger partial charge in [-0.2, -0.15) is 5.10 Å². The van der Waals surface area contributed by atoms with E-state index >= 15 is 0 Å². The third-order valence-electron chi connectivity index (χ3n) is 6.66. The van der Waals surface area contributed by atoms with Gasteiger partial charge in [0.2, 0.25) is 5.91 Å². The van der Waals surface area contributed by atoms with E-state index in [4.69, 9.17) is 4.42 Å². The zero-order valence-corrected chi connectivity index (χ0v) is 18.3. The van der Waals surface area contributed by atoms with Crippen LogP contribution in [0.15, 0.2) is 58.1 Å². The summed E-state index contributed by atoms with van der Waals surface area (Å²) in [4.78, 5) is 28.5. The number of pyridine rings is 1. The molecule has 0 radical (unpaired) electrons. The minimum Gasteiger partial charge on any atom is -0.469 e. The van der Waals surface area contributed by atoms with E-state index in [0.717, 1.165) is 49.7 Å². The summed E-state index contributed by atoms with van der Waals surface area (Å²) in [6, 6.07) is 10.6. The molecule has 3 aromatic rings. The molecule has 8 nitrogen and oxygen atoms in total. The third kappa shape index (κ3) is 4.14. The van der Waals surface area contributed by atoms with Gasteiger partial charge in [-0.15, -0.1) is 0 Å². The lowest BCUT2D eigenvalue weighted by molar-refractivity contribution is -0.127. The molecule has 0 aliphatic carbocycles. The number of likely N-dealkylation sites (tertiary alicyclic amines) is 1. The van der Waals surface area contributed by atoms with Gasteiger partial charge in [0.25, 0.3) is 5.56 Å². The van der Waals surface area contributed by atoms with Crippen LogP contribution in [-0.4, -0.2) is 51.3 Å². The highest BCUT2D eigenvalue weighted by atomic mass is 16.3. The number of rotatable bonds is 7. The zero-order chi connectivity index (χ0) is 22.1. The summed E-state index contributed by atoms with van der Waals surface area (Å²) in [6.07, 6.45) is 5.20. The number of hydrogen-bond acceptors (Lipinski definition) is 5. The van der Waals surface area contributed by atoms with Crippen molar-refractivity contribution in [2.75, 3.05) is 26.2 Å². The highest BCUT2D eigenvalue weighted by Crippen LogP contribution is 2.41. The molecule has 3 atom stereocenters. The Morgan fingerprint density at radius 3 is 2.88 bits per heavy atom. The summed E-state index contributed by atoms with van der Waals surface area (Å²) < 4.78 is 9.07. The Morgan fingerprint density at radius 2 is 2.09 bits per heavy atom. The first-order chi connectivity index (χ1) is 15.6. The Labute approximate surface area is 186 Å². The molecule has 32 heavy (non-hydrogen) atoms. The van der Waals surface area contributed by atoms with Gasteiger partial charge in [-0.25, -0.2) is 0 Å². The predicted molar refractivity (Wildman–Crippen MR) is 119 cm³/mol. The number of amides is 1. The van der Waals surface area contributed by atoms with Crippen LogP contribution in [0.2, 0.25) is 0 Å². The number of nitrogens with zero attached hydrogens (tertiary/aromatic N) is 4. The van der Waals surface area contributed by atoms with Gasteiger partial charge in [-0.05, 0) is 37.6 Å². The molecule has 168 valence electrons. The van der Waals surface area contributed by atoms with Gasteiger partial charge in [0.15, 0.2) is 0 Å². The van der Waals surface area contributed by atoms with Crippen molar-refractivity contribution in [3.63, 3.8) is 0 Å². The highest BCUT2D eigenvalue weighted by Gasteiger charge is 2.43. The molecule has 5 heterocycles. The summed E-state index contributed by atoms with van der Waals surface area (Å²) in [5.41, 5.74) is 1.89. The summed E-state index contributed by atoms with van der Waals surface area (Å²) >= 11 is 0. The lowest BCUT2D eigenvalue weighted by Gasteiger charge is -2.46. The largest absolute Gasteiger partial charge is 0.469 e. The second-order valence-corrected chi connectivity index (χ2v) is 8.90. The van der Waals surface area contributed by atoms with Crippen LogP contribution in [0.25, 0.3) is 0 Å². The molecule has 0 unspecified atom stereocenters. The fraction of sp³-hybridized carbons (Fsp3) is 0.458. The minimum absolute atomic E-state index is 0.0842. The van der Waals surface area contributed by atoms with E-state index in [1.807, 2.05) is 48.1 Å². The van der Waals surface area contributed by atoms with Crippen molar-refractivity contribution in [3.8, 4) is 0 Å². The Bertz CT molecular complexity index is 1130. The maximum atomic E-state index is 13.3. The average Bonchev–Trinajstić information content (AvgIpc) is 3.45. The van der Waals surface area contributed by atoms with Gasteiger partial charge in [0.1, 0.15) is 11.8 Å². The summed E-state index contributed by atoms with van der Waals surface area (Å²) in [7, 11) is 0. The van der Waals surface area contributed by atoms with Crippen molar-refractivity contribution in [3.05, 3.63) is 76.4 Å². The minimum atomic E-state index is -0.485. The third-order valence-corrected chi connectivity index (χ3v) is 6.66. The molecular formula is C24H29N5O3. The number of furan rings is 1. The number of aryl methyl sites for hydroxylation is 1. The van der Waals surface area contributed by atoms with E-state index in [1.165, 1.54) is 0 Å². The van der Waals surface area contributed by atoms with E-state index in [-0.39, 0.29) is 23.3 Å². The van der Waals surface area contributed by atoms with Crippen molar-refractivity contribution >= 4 is 5.91 Å². The van der Waals surface area contributed by atoms with E-state index in [2.05, 4.69) is 15.3 Å². The molecule has 2 aliphatic heterocycles. The molecule has 1 saturated heterocycles. The molecule has 1 fully saturated rings. The first-order valence-electron chi connectivity index (χ1n) is 11.3. The summed E-state index contributed by atoms with van der Waals surface area (Å²) in [6.45, 7) is 5.86. The smallest absolute Gasteiger partial charge is 0.251 e. The zero-order valence-electron chi connectivity index (χ0n) is 18.3. The summed E-state index contributed by atoms with van der Waals surface area (Å²) in [5.74, 6) is 1.11. The van der Waals surface area contributed by atoms with Crippen molar-refractivity contribution in [1.82, 2.24) is 24.6 Å². The predicted octanol–water partition coefficient (Wildman–Crippen LogP) is 1.97. The number of piperidine rings is 1. The van der Waals surface area contributed by atoms with Gasteiger partial charge in [-0.3, -0.25) is 18.8 Å². The first-order valence-corrected chi connectivity index (χ1v) is 11.3. The Morgan fingerprint density at radius 1 is 1.19 bits per heavy atom. The fourth-order valence-corrected chi connectivity index (χ4v) is 5.25. The maximum Gasteiger partial charge on any atom is 0.251 e. The van der Waals surface area contributed by atoms with E-state index in [9.17, 15) is 9.59 Å². The van der Waals surface area contributed by atoms with Crippen molar-refractivity contribution in [2.45, 2.75) is 38.3 Å². The van der Waals surface area contributed by atoms with Crippen LogP contribution in [0.4, 0.5) is 0 Å². The van der Waals surface area contributed by atoms with E-state index in [1.54, 1.807) is 16.9 Å². The van der Waals surface area contributed by atoms with Crippen LogP contribution in [0, 0.1) is 12.8 Å². The monoisotopic (exact) mass is 435 g/mol. The lowest BCUT2D eigenvalue weighted by Crippen LogP contribution is -2.53. The van der Waals surface area contributed by atoms with Crippen LogP contribution < -0.4 is 10.9 Å². The topological polar surface area (TPSA) is 85.3 Å². The second-order valence-electron chi connectivity index (χ2n) is 8.90. The molecule has 1 amide bonds. The maximum absolute atomic E-state index is 13.3. The van der Waals surface area contributed by atoms with E-state index in [0.29, 0.717) is 13.0 Å². The van der Waals surface area contributed by atoms with Crippen LogP contribution in [0.1, 0.15) is 35.5 Å².